The van der Waals surface area contributed by atoms with Crippen molar-refractivity contribution in [3.63, 3.8) is 0 Å². The smallest absolute Gasteiger partial charge is 0.0820 e. The molecule has 2 unspecified atom stereocenters. The molecule has 1 aliphatic rings. The van der Waals surface area contributed by atoms with Crippen molar-refractivity contribution in [2.75, 3.05) is 6.54 Å². The molecule has 1 aromatic heterocycles. The van der Waals surface area contributed by atoms with Gasteiger partial charge < -0.3 is 5.32 Å². The van der Waals surface area contributed by atoms with Gasteiger partial charge in [-0.1, -0.05) is 45.2 Å². The Balaban J connectivity index is 2.16. The van der Waals surface area contributed by atoms with E-state index in [1.807, 2.05) is 6.20 Å². The van der Waals surface area contributed by atoms with E-state index in [1.54, 1.807) is 0 Å². The molecule has 2 atom stereocenters. The van der Waals surface area contributed by atoms with Gasteiger partial charge in [0.2, 0.25) is 0 Å². The van der Waals surface area contributed by atoms with Gasteiger partial charge in [0, 0.05) is 18.5 Å². The van der Waals surface area contributed by atoms with E-state index in [0.29, 0.717) is 17.9 Å². The highest BCUT2D eigenvalue weighted by molar-refractivity contribution is 6.31. The summed E-state index contributed by atoms with van der Waals surface area (Å²) in [6, 6.07) is 0.550. The van der Waals surface area contributed by atoms with Gasteiger partial charge in [-0.15, -0.1) is 0 Å². The first-order valence-corrected chi connectivity index (χ1v) is 8.45. The molecule has 2 rings (SSSR count). The third-order valence-electron chi connectivity index (χ3n) is 4.32. The molecule has 1 N–H and O–H groups in total. The molecule has 0 saturated heterocycles. The van der Waals surface area contributed by atoms with Crippen LogP contribution in [0.2, 0.25) is 5.02 Å². The lowest BCUT2D eigenvalue weighted by Gasteiger charge is -2.33. The minimum absolute atomic E-state index is 0.550. The van der Waals surface area contributed by atoms with Crippen molar-refractivity contribution in [2.45, 2.75) is 71.4 Å². The quantitative estimate of drug-likeness (QED) is 0.852. The van der Waals surface area contributed by atoms with E-state index < -0.39 is 0 Å². The third-order valence-corrected chi connectivity index (χ3v) is 4.61. The molecule has 114 valence electrons. The molecular formula is C16H28ClN3. The van der Waals surface area contributed by atoms with E-state index in [9.17, 15) is 0 Å². The van der Waals surface area contributed by atoms with Gasteiger partial charge in [0.15, 0.2) is 0 Å². The predicted molar refractivity (Wildman–Crippen MR) is 85.4 cm³/mol. The topological polar surface area (TPSA) is 29.9 Å². The minimum atomic E-state index is 0.550. The Morgan fingerprint density at radius 1 is 1.40 bits per heavy atom. The lowest BCUT2D eigenvalue weighted by atomic mass is 9.77. The number of rotatable bonds is 6. The van der Waals surface area contributed by atoms with Crippen LogP contribution in [-0.2, 0) is 6.54 Å². The summed E-state index contributed by atoms with van der Waals surface area (Å²) in [6.07, 6.45) is 8.15. The summed E-state index contributed by atoms with van der Waals surface area (Å²) in [6.45, 7) is 8.69. The van der Waals surface area contributed by atoms with Crippen LogP contribution in [0.3, 0.4) is 0 Å². The van der Waals surface area contributed by atoms with Crippen LogP contribution >= 0.6 is 11.6 Å². The number of nitrogens with zero attached hydrogens (tertiary/aromatic N) is 2. The number of halogens is 1. The fourth-order valence-electron chi connectivity index (χ4n) is 3.33. The van der Waals surface area contributed by atoms with Gasteiger partial charge in [0.05, 0.1) is 16.9 Å². The average Bonchev–Trinajstić information content (AvgIpc) is 2.78. The summed E-state index contributed by atoms with van der Waals surface area (Å²) >= 11 is 6.44. The molecule has 1 aliphatic carbocycles. The summed E-state index contributed by atoms with van der Waals surface area (Å²) in [4.78, 5) is 0. The molecule has 0 spiro atoms. The van der Waals surface area contributed by atoms with Crippen LogP contribution in [0.15, 0.2) is 6.20 Å². The van der Waals surface area contributed by atoms with Crippen molar-refractivity contribution < 1.29 is 0 Å². The first-order chi connectivity index (χ1) is 9.63. The lowest BCUT2D eigenvalue weighted by molar-refractivity contribution is 0.277. The molecule has 4 heteroatoms. The number of hydrogen-bond acceptors (Lipinski definition) is 2. The molecule has 0 amide bonds. The number of aromatic nitrogens is 2. The maximum Gasteiger partial charge on any atom is 0.0820 e. The van der Waals surface area contributed by atoms with Crippen molar-refractivity contribution >= 4 is 11.6 Å². The van der Waals surface area contributed by atoms with Gasteiger partial charge in [-0.25, -0.2) is 0 Å². The van der Waals surface area contributed by atoms with Crippen molar-refractivity contribution in [3.8, 4) is 0 Å². The van der Waals surface area contributed by atoms with Crippen LogP contribution < -0.4 is 5.32 Å². The summed E-state index contributed by atoms with van der Waals surface area (Å²) in [7, 11) is 0. The molecular weight excluding hydrogens is 270 g/mol. The molecule has 0 aromatic carbocycles. The standard InChI is InChI=1S/C16H28ClN3/c1-4-9-20-16(15(17)11-19-20)14-8-6-5-7-13(14)10-18-12(2)3/h11-14,18H,4-10H2,1-3H3. The van der Waals surface area contributed by atoms with Crippen molar-refractivity contribution in [1.82, 2.24) is 15.1 Å². The maximum absolute atomic E-state index is 6.44. The number of hydrogen-bond donors (Lipinski definition) is 1. The van der Waals surface area contributed by atoms with Gasteiger partial charge in [-0.2, -0.15) is 5.10 Å². The Morgan fingerprint density at radius 2 is 2.15 bits per heavy atom. The Morgan fingerprint density at radius 3 is 2.85 bits per heavy atom. The van der Waals surface area contributed by atoms with E-state index in [2.05, 4.69) is 35.9 Å². The zero-order chi connectivity index (χ0) is 14.5. The largest absolute Gasteiger partial charge is 0.314 e. The molecule has 20 heavy (non-hydrogen) atoms. The fraction of sp³-hybridized carbons (Fsp3) is 0.812. The van der Waals surface area contributed by atoms with E-state index in [1.165, 1.54) is 31.4 Å². The second kappa shape index (κ2) is 7.46. The van der Waals surface area contributed by atoms with E-state index in [-0.39, 0.29) is 0 Å². The van der Waals surface area contributed by atoms with E-state index in [0.717, 1.165) is 24.5 Å². The Kier molecular flexibility index (Phi) is 5.91. The molecule has 1 fully saturated rings. The van der Waals surface area contributed by atoms with Gasteiger partial charge >= 0.3 is 0 Å². The van der Waals surface area contributed by atoms with E-state index >= 15 is 0 Å². The first-order valence-electron chi connectivity index (χ1n) is 8.08. The maximum atomic E-state index is 6.44. The van der Waals surface area contributed by atoms with Gasteiger partial charge in [0.1, 0.15) is 0 Å². The summed E-state index contributed by atoms with van der Waals surface area (Å²) < 4.78 is 2.14. The Hall–Kier alpha value is -0.540. The fourth-order valence-corrected chi connectivity index (χ4v) is 3.61. The van der Waals surface area contributed by atoms with Crippen molar-refractivity contribution in [2.24, 2.45) is 5.92 Å². The van der Waals surface area contributed by atoms with Gasteiger partial charge in [0.25, 0.3) is 0 Å². The van der Waals surface area contributed by atoms with Crippen LogP contribution in [0.4, 0.5) is 0 Å². The second-order valence-corrected chi connectivity index (χ2v) is 6.72. The van der Waals surface area contributed by atoms with Crippen LogP contribution in [-0.4, -0.2) is 22.4 Å². The normalized spacial score (nSPS) is 23.4. The molecule has 0 aliphatic heterocycles. The van der Waals surface area contributed by atoms with Gasteiger partial charge in [-0.3, -0.25) is 4.68 Å². The highest BCUT2D eigenvalue weighted by Crippen LogP contribution is 2.40. The van der Waals surface area contributed by atoms with E-state index in [4.69, 9.17) is 11.6 Å². The highest BCUT2D eigenvalue weighted by Gasteiger charge is 2.30. The Bertz CT molecular complexity index is 414. The molecule has 1 saturated carbocycles. The zero-order valence-corrected chi connectivity index (χ0v) is 13.8. The number of nitrogens with one attached hydrogen (secondary N) is 1. The first kappa shape index (κ1) is 15.8. The Labute approximate surface area is 128 Å². The van der Waals surface area contributed by atoms with Crippen LogP contribution in [0.1, 0.15) is 64.5 Å². The molecule has 1 heterocycles. The van der Waals surface area contributed by atoms with Crippen LogP contribution in [0.5, 0.6) is 0 Å². The molecule has 0 bridgehead atoms. The summed E-state index contributed by atoms with van der Waals surface area (Å²) in [5.41, 5.74) is 1.28. The molecule has 3 nitrogen and oxygen atoms in total. The molecule has 0 radical (unpaired) electrons. The molecule has 1 aromatic rings. The highest BCUT2D eigenvalue weighted by atomic mass is 35.5. The van der Waals surface area contributed by atoms with Crippen molar-refractivity contribution in [3.05, 3.63) is 16.9 Å². The van der Waals surface area contributed by atoms with Gasteiger partial charge in [-0.05, 0) is 31.7 Å². The monoisotopic (exact) mass is 297 g/mol. The predicted octanol–water partition coefficient (Wildman–Crippen LogP) is 4.22. The summed E-state index contributed by atoms with van der Waals surface area (Å²) in [5, 5.41) is 8.94. The number of aryl methyl sites for hydroxylation is 1. The summed E-state index contributed by atoms with van der Waals surface area (Å²) in [5.74, 6) is 1.26. The SMILES string of the molecule is CCCn1ncc(Cl)c1C1CCCCC1CNC(C)C. The lowest BCUT2D eigenvalue weighted by Crippen LogP contribution is -2.34. The third kappa shape index (κ3) is 3.76. The minimum Gasteiger partial charge on any atom is -0.314 e. The second-order valence-electron chi connectivity index (χ2n) is 6.31. The zero-order valence-electron chi connectivity index (χ0n) is 13.0. The average molecular weight is 298 g/mol. The van der Waals surface area contributed by atoms with Crippen LogP contribution in [0.25, 0.3) is 0 Å². The van der Waals surface area contributed by atoms with Crippen LogP contribution in [0, 0.1) is 5.92 Å². The van der Waals surface area contributed by atoms with Crippen molar-refractivity contribution in [1.29, 1.82) is 0 Å².